The third-order valence-electron chi connectivity index (χ3n) is 5.47. The van der Waals surface area contributed by atoms with Crippen LogP contribution in [0.2, 0.25) is 0 Å². The van der Waals surface area contributed by atoms with Crippen molar-refractivity contribution in [3.8, 4) is 0 Å². The van der Waals surface area contributed by atoms with Gasteiger partial charge in [0.05, 0.1) is 18.1 Å². The Morgan fingerprint density at radius 3 is 2.38 bits per heavy atom. The fourth-order valence-electron chi connectivity index (χ4n) is 3.84. The molecule has 2 heterocycles. The molecular formula is C20H29N3O5S. The zero-order valence-corrected chi connectivity index (χ0v) is 17.8. The quantitative estimate of drug-likeness (QED) is 0.763. The van der Waals surface area contributed by atoms with Crippen molar-refractivity contribution in [2.45, 2.75) is 44.0 Å². The van der Waals surface area contributed by atoms with Gasteiger partial charge in [-0.25, -0.2) is 8.42 Å². The Bertz CT molecular complexity index is 857. The van der Waals surface area contributed by atoms with Crippen molar-refractivity contribution in [1.82, 2.24) is 14.5 Å². The summed E-state index contributed by atoms with van der Waals surface area (Å²) in [7, 11) is -3.68. The highest BCUT2D eigenvalue weighted by Crippen LogP contribution is 2.25. The van der Waals surface area contributed by atoms with E-state index in [0.717, 1.165) is 0 Å². The minimum Gasteiger partial charge on any atom is -0.379 e. The van der Waals surface area contributed by atoms with Gasteiger partial charge in [-0.15, -0.1) is 0 Å². The van der Waals surface area contributed by atoms with Crippen LogP contribution in [0.25, 0.3) is 0 Å². The molecule has 0 bridgehead atoms. The third kappa shape index (κ3) is 4.96. The molecule has 2 fully saturated rings. The molecule has 1 N–H and O–H groups in total. The lowest BCUT2D eigenvalue weighted by Gasteiger charge is -2.32. The Kier molecular flexibility index (Phi) is 6.92. The van der Waals surface area contributed by atoms with Gasteiger partial charge in [0.1, 0.15) is 0 Å². The molecule has 29 heavy (non-hydrogen) atoms. The summed E-state index contributed by atoms with van der Waals surface area (Å²) in [4.78, 5) is 26.1. The van der Waals surface area contributed by atoms with Crippen LogP contribution in [-0.4, -0.2) is 74.9 Å². The van der Waals surface area contributed by atoms with Crippen LogP contribution in [0.5, 0.6) is 0 Å². The van der Waals surface area contributed by atoms with Crippen LogP contribution < -0.4 is 5.32 Å². The van der Waals surface area contributed by atoms with Crippen molar-refractivity contribution in [1.29, 1.82) is 0 Å². The van der Waals surface area contributed by atoms with Gasteiger partial charge in [0.25, 0.3) is 5.91 Å². The average Bonchev–Trinajstić information content (AvgIpc) is 2.73. The van der Waals surface area contributed by atoms with Crippen molar-refractivity contribution >= 4 is 21.8 Å². The number of piperidine rings is 1. The number of morpholine rings is 1. The van der Waals surface area contributed by atoms with Gasteiger partial charge in [0.15, 0.2) is 0 Å². The molecule has 0 spiro atoms. The number of benzene rings is 1. The molecule has 2 saturated heterocycles. The Morgan fingerprint density at radius 1 is 1.14 bits per heavy atom. The van der Waals surface area contributed by atoms with Crippen LogP contribution in [0.4, 0.5) is 0 Å². The zero-order valence-electron chi connectivity index (χ0n) is 17.0. The minimum absolute atomic E-state index is 0.0668. The van der Waals surface area contributed by atoms with E-state index in [1.54, 1.807) is 17.0 Å². The second-order valence-electron chi connectivity index (χ2n) is 7.46. The number of likely N-dealkylation sites (tertiary alicyclic amines) is 1. The number of ether oxygens (including phenoxy) is 1. The van der Waals surface area contributed by atoms with Gasteiger partial charge < -0.3 is 15.0 Å². The fourth-order valence-corrected chi connectivity index (χ4v) is 5.57. The van der Waals surface area contributed by atoms with E-state index in [1.165, 1.54) is 17.3 Å². The summed E-state index contributed by atoms with van der Waals surface area (Å²) in [6.45, 7) is 5.85. The van der Waals surface area contributed by atoms with E-state index in [4.69, 9.17) is 4.74 Å². The van der Waals surface area contributed by atoms with Crippen molar-refractivity contribution in [3.63, 3.8) is 0 Å². The summed E-state index contributed by atoms with van der Waals surface area (Å²) < 4.78 is 33.0. The van der Waals surface area contributed by atoms with Gasteiger partial charge in [-0.05, 0) is 37.0 Å². The number of carbonyl (C=O) groups is 2. The van der Waals surface area contributed by atoms with Crippen LogP contribution in [-0.2, 0) is 26.0 Å². The molecule has 3 rings (SSSR count). The van der Waals surface area contributed by atoms with Crippen molar-refractivity contribution < 1.29 is 22.7 Å². The maximum Gasteiger partial charge on any atom is 0.253 e. The number of sulfonamides is 1. The summed E-state index contributed by atoms with van der Waals surface area (Å²) in [6.07, 6.45) is 1.95. The summed E-state index contributed by atoms with van der Waals surface area (Å²) in [6, 6.07) is 5.05. The van der Waals surface area contributed by atoms with Crippen molar-refractivity contribution in [2.75, 3.05) is 39.4 Å². The van der Waals surface area contributed by atoms with E-state index in [-0.39, 0.29) is 22.8 Å². The smallest absolute Gasteiger partial charge is 0.253 e. The Labute approximate surface area is 172 Å². The van der Waals surface area contributed by atoms with Crippen molar-refractivity contribution in [3.05, 3.63) is 29.3 Å². The largest absolute Gasteiger partial charge is 0.379 e. The maximum absolute atomic E-state index is 13.2. The molecule has 9 heteroatoms. The van der Waals surface area contributed by atoms with Gasteiger partial charge >= 0.3 is 0 Å². The molecule has 0 saturated carbocycles. The number of nitrogens with one attached hydrogen (secondary N) is 1. The lowest BCUT2D eigenvalue weighted by Crippen LogP contribution is -2.46. The number of carbonyl (C=O) groups excluding carboxylic acids is 2. The molecular weight excluding hydrogens is 394 g/mol. The van der Waals surface area contributed by atoms with Crippen LogP contribution in [0.1, 0.15) is 42.6 Å². The predicted octanol–water partition coefficient (Wildman–Crippen LogP) is 1.01. The number of hydrogen-bond acceptors (Lipinski definition) is 5. The van der Waals surface area contributed by atoms with Crippen LogP contribution in [0.15, 0.2) is 23.1 Å². The standard InChI is InChI=1S/C20H29N3O5S/c1-3-16-4-5-17(14-19(16)29(26,27)23-10-12-28-13-11-23)20(25)22-8-6-18(7-9-22)21-15(2)24/h4-5,14,18H,3,6-13H2,1-2H3,(H,21,24). The van der Waals surface area contributed by atoms with Gasteiger partial charge in [-0.2, -0.15) is 4.31 Å². The summed E-state index contributed by atoms with van der Waals surface area (Å²) in [5, 5.41) is 2.89. The first kappa shape index (κ1) is 21.7. The summed E-state index contributed by atoms with van der Waals surface area (Å²) in [5.74, 6) is -0.241. The SMILES string of the molecule is CCc1ccc(C(=O)N2CCC(NC(C)=O)CC2)cc1S(=O)(=O)N1CCOCC1. The van der Waals surface area contributed by atoms with E-state index in [0.29, 0.717) is 69.8 Å². The molecule has 8 nitrogen and oxygen atoms in total. The molecule has 0 aliphatic carbocycles. The average molecular weight is 424 g/mol. The van der Waals surface area contributed by atoms with E-state index in [1.807, 2.05) is 6.92 Å². The predicted molar refractivity (Wildman–Crippen MR) is 108 cm³/mol. The summed E-state index contributed by atoms with van der Waals surface area (Å²) >= 11 is 0. The lowest BCUT2D eigenvalue weighted by atomic mass is 10.0. The molecule has 2 aliphatic rings. The molecule has 0 atom stereocenters. The molecule has 2 amide bonds. The monoisotopic (exact) mass is 423 g/mol. The van der Waals surface area contributed by atoms with E-state index in [9.17, 15) is 18.0 Å². The highest BCUT2D eigenvalue weighted by atomic mass is 32.2. The lowest BCUT2D eigenvalue weighted by molar-refractivity contribution is -0.119. The van der Waals surface area contributed by atoms with Crippen LogP contribution >= 0.6 is 0 Å². The normalized spacial score (nSPS) is 19.2. The van der Waals surface area contributed by atoms with E-state index >= 15 is 0 Å². The maximum atomic E-state index is 13.2. The molecule has 1 aromatic carbocycles. The summed E-state index contributed by atoms with van der Waals surface area (Å²) in [5.41, 5.74) is 1.09. The molecule has 2 aliphatic heterocycles. The van der Waals surface area contributed by atoms with Crippen LogP contribution in [0, 0.1) is 0 Å². The second-order valence-corrected chi connectivity index (χ2v) is 9.37. The first-order chi connectivity index (χ1) is 13.8. The molecule has 0 radical (unpaired) electrons. The second kappa shape index (κ2) is 9.23. The van der Waals surface area contributed by atoms with Crippen LogP contribution in [0.3, 0.4) is 0 Å². The minimum atomic E-state index is -3.68. The molecule has 1 aromatic rings. The molecule has 0 unspecified atom stereocenters. The number of aryl methyl sites for hydroxylation is 1. The first-order valence-electron chi connectivity index (χ1n) is 10.1. The van der Waals surface area contributed by atoms with Gasteiger partial charge in [-0.1, -0.05) is 13.0 Å². The number of hydrogen-bond donors (Lipinski definition) is 1. The van der Waals surface area contributed by atoms with E-state index in [2.05, 4.69) is 5.32 Å². The number of rotatable bonds is 5. The fraction of sp³-hybridized carbons (Fsp3) is 0.600. The topological polar surface area (TPSA) is 96.0 Å². The highest BCUT2D eigenvalue weighted by molar-refractivity contribution is 7.89. The van der Waals surface area contributed by atoms with E-state index < -0.39 is 10.0 Å². The Balaban J connectivity index is 1.79. The first-order valence-corrected chi connectivity index (χ1v) is 11.5. The van der Waals surface area contributed by atoms with Gasteiger partial charge in [0, 0.05) is 44.7 Å². The van der Waals surface area contributed by atoms with Gasteiger partial charge in [0.2, 0.25) is 15.9 Å². The number of amides is 2. The third-order valence-corrected chi connectivity index (χ3v) is 7.45. The Morgan fingerprint density at radius 2 is 1.79 bits per heavy atom. The van der Waals surface area contributed by atoms with Crippen molar-refractivity contribution in [2.24, 2.45) is 0 Å². The Hall–Kier alpha value is -1.97. The van der Waals surface area contributed by atoms with Gasteiger partial charge in [-0.3, -0.25) is 9.59 Å². The molecule has 160 valence electrons. The molecule has 0 aromatic heterocycles. The highest BCUT2D eigenvalue weighted by Gasteiger charge is 2.30. The zero-order chi connectivity index (χ0) is 21.0. The number of nitrogens with zero attached hydrogens (tertiary/aromatic N) is 2.